The molecule has 2 aromatic carbocycles. The van der Waals surface area contributed by atoms with Gasteiger partial charge in [0.15, 0.2) is 0 Å². The topological polar surface area (TPSA) is 90.8 Å². The van der Waals surface area contributed by atoms with Crippen LogP contribution in [-0.2, 0) is 11.3 Å². The molecule has 0 unspecified atom stereocenters. The minimum Gasteiger partial charge on any atom is -0.445 e. The fraction of sp³-hybridized carbons (Fsp3) is 0.188. The molecule has 0 aliphatic rings. The molecule has 0 aliphatic heterocycles. The average Bonchev–Trinajstić information content (AvgIpc) is 2.54. The molecule has 1 atom stereocenters. The summed E-state index contributed by atoms with van der Waals surface area (Å²) in [6.45, 7) is 1.91. The normalized spacial score (nSPS) is 11.4. The molecule has 23 heavy (non-hydrogen) atoms. The van der Waals surface area contributed by atoms with Crippen molar-refractivity contribution >= 4 is 24.4 Å². The third kappa shape index (κ3) is 5.32. The Bertz CT molecular complexity index is 637. The molecule has 7 heteroatoms. The van der Waals surface area contributed by atoms with Crippen LogP contribution in [0.3, 0.4) is 0 Å². The summed E-state index contributed by atoms with van der Waals surface area (Å²) in [4.78, 5) is 11.8. The van der Waals surface area contributed by atoms with Crippen molar-refractivity contribution in [3.63, 3.8) is 0 Å². The van der Waals surface area contributed by atoms with Crippen LogP contribution >= 0.6 is 0 Å². The molecule has 0 aromatic heterocycles. The molecule has 0 aliphatic carbocycles. The zero-order valence-electron chi connectivity index (χ0n) is 12.8. The van der Waals surface area contributed by atoms with Crippen molar-refractivity contribution in [2.24, 2.45) is 0 Å². The number of amides is 1. The maximum absolute atomic E-state index is 11.8. The Morgan fingerprint density at radius 3 is 2.48 bits per heavy atom. The predicted octanol–water partition coefficient (Wildman–Crippen LogP) is 1.05. The van der Waals surface area contributed by atoms with Gasteiger partial charge in [-0.2, -0.15) is 0 Å². The van der Waals surface area contributed by atoms with Gasteiger partial charge < -0.3 is 25.4 Å². The lowest BCUT2D eigenvalue weighted by molar-refractivity contribution is 0.137. The molecule has 120 valence electrons. The summed E-state index contributed by atoms with van der Waals surface area (Å²) in [7, 11) is -1.59. The van der Waals surface area contributed by atoms with Gasteiger partial charge in [-0.15, -0.1) is 0 Å². The number of rotatable bonds is 6. The average molecular weight is 314 g/mol. The van der Waals surface area contributed by atoms with Crippen LogP contribution < -0.4 is 16.1 Å². The van der Waals surface area contributed by atoms with Crippen molar-refractivity contribution in [1.29, 1.82) is 0 Å². The SMILES string of the molecule is C[C@@H](NC(=O)OCc1ccccc1)Nc1ccccc1B(O)O. The van der Waals surface area contributed by atoms with Gasteiger partial charge in [0.25, 0.3) is 0 Å². The number of hydrogen-bond donors (Lipinski definition) is 4. The van der Waals surface area contributed by atoms with E-state index >= 15 is 0 Å². The molecule has 2 rings (SSSR count). The fourth-order valence-corrected chi connectivity index (χ4v) is 2.06. The number of para-hydroxylation sites is 1. The number of hydrogen-bond acceptors (Lipinski definition) is 5. The van der Waals surface area contributed by atoms with Crippen LogP contribution in [0.5, 0.6) is 0 Å². The minimum absolute atomic E-state index is 0.186. The summed E-state index contributed by atoms with van der Waals surface area (Å²) in [6, 6.07) is 16.1. The van der Waals surface area contributed by atoms with E-state index in [1.54, 1.807) is 31.2 Å². The van der Waals surface area contributed by atoms with Gasteiger partial charge in [0.2, 0.25) is 0 Å². The molecule has 0 radical (unpaired) electrons. The Balaban J connectivity index is 1.85. The van der Waals surface area contributed by atoms with Crippen LogP contribution in [0.1, 0.15) is 12.5 Å². The van der Waals surface area contributed by atoms with Gasteiger partial charge >= 0.3 is 13.2 Å². The van der Waals surface area contributed by atoms with E-state index in [0.29, 0.717) is 11.2 Å². The van der Waals surface area contributed by atoms with Crippen molar-refractivity contribution in [2.45, 2.75) is 19.7 Å². The molecule has 2 aromatic rings. The number of alkyl carbamates (subject to hydrolysis) is 1. The molecule has 4 N–H and O–H groups in total. The van der Waals surface area contributed by atoms with Crippen molar-refractivity contribution in [3.8, 4) is 0 Å². The zero-order chi connectivity index (χ0) is 16.7. The molecule has 0 fully saturated rings. The van der Waals surface area contributed by atoms with Gasteiger partial charge in [-0.3, -0.25) is 0 Å². The summed E-state index contributed by atoms with van der Waals surface area (Å²) < 4.78 is 5.13. The van der Waals surface area contributed by atoms with E-state index < -0.39 is 19.4 Å². The maximum atomic E-state index is 11.8. The molecule has 0 heterocycles. The highest BCUT2D eigenvalue weighted by atomic mass is 16.5. The van der Waals surface area contributed by atoms with Gasteiger partial charge in [-0.25, -0.2) is 4.79 Å². The number of carbonyl (C=O) groups excluding carboxylic acids is 1. The molecule has 0 saturated heterocycles. The first-order valence-corrected chi connectivity index (χ1v) is 7.25. The van der Waals surface area contributed by atoms with Crippen molar-refractivity contribution < 1.29 is 19.6 Å². The van der Waals surface area contributed by atoms with E-state index in [4.69, 9.17) is 4.74 Å². The second-order valence-electron chi connectivity index (χ2n) is 5.03. The third-order valence-electron chi connectivity index (χ3n) is 3.16. The lowest BCUT2D eigenvalue weighted by atomic mass is 9.79. The van der Waals surface area contributed by atoms with E-state index in [0.717, 1.165) is 5.56 Å². The minimum atomic E-state index is -1.59. The Morgan fingerprint density at radius 2 is 1.78 bits per heavy atom. The smallest absolute Gasteiger partial charge is 0.445 e. The molecular weight excluding hydrogens is 295 g/mol. The highest BCUT2D eigenvalue weighted by Crippen LogP contribution is 2.05. The molecule has 6 nitrogen and oxygen atoms in total. The molecule has 1 amide bonds. The Morgan fingerprint density at radius 1 is 1.13 bits per heavy atom. The summed E-state index contributed by atoms with van der Waals surface area (Å²) >= 11 is 0. The van der Waals surface area contributed by atoms with Crippen molar-refractivity contribution in [1.82, 2.24) is 5.32 Å². The Hall–Kier alpha value is -2.51. The molecular formula is C16H19BN2O4. The molecule has 0 saturated carbocycles. The van der Waals surface area contributed by atoms with E-state index in [1.165, 1.54) is 0 Å². The predicted molar refractivity (Wildman–Crippen MR) is 89.1 cm³/mol. The van der Waals surface area contributed by atoms with Crippen LogP contribution in [0.2, 0.25) is 0 Å². The van der Waals surface area contributed by atoms with Crippen molar-refractivity contribution in [2.75, 3.05) is 5.32 Å². The lowest BCUT2D eigenvalue weighted by Gasteiger charge is -2.19. The van der Waals surface area contributed by atoms with Crippen LogP contribution in [-0.4, -0.2) is 29.4 Å². The maximum Gasteiger partial charge on any atom is 0.490 e. The summed E-state index contributed by atoms with van der Waals surface area (Å²) in [5, 5.41) is 24.2. The zero-order valence-corrected chi connectivity index (χ0v) is 12.8. The lowest BCUT2D eigenvalue weighted by Crippen LogP contribution is -2.41. The van der Waals surface area contributed by atoms with Gasteiger partial charge in [0, 0.05) is 11.2 Å². The summed E-state index contributed by atoms with van der Waals surface area (Å²) in [5.74, 6) is 0. The largest absolute Gasteiger partial charge is 0.490 e. The van der Waals surface area contributed by atoms with Gasteiger partial charge in [0.05, 0.1) is 6.17 Å². The number of benzene rings is 2. The second kappa shape index (κ2) is 8.21. The Labute approximate surface area is 135 Å². The van der Waals surface area contributed by atoms with Crippen LogP contribution in [0.15, 0.2) is 54.6 Å². The third-order valence-corrected chi connectivity index (χ3v) is 3.16. The van der Waals surface area contributed by atoms with Crippen LogP contribution in [0, 0.1) is 0 Å². The van der Waals surface area contributed by atoms with Crippen LogP contribution in [0.25, 0.3) is 0 Å². The number of nitrogens with one attached hydrogen (secondary N) is 2. The quantitative estimate of drug-likeness (QED) is 0.473. The standard InChI is InChI=1S/C16H19BN2O4/c1-12(18-15-10-6-5-9-14(15)17(21)22)19-16(20)23-11-13-7-3-2-4-8-13/h2-10,12,18,21-22H,11H2,1H3,(H,19,20)/t12-/m1/s1. The first kappa shape index (κ1) is 16.9. The highest BCUT2D eigenvalue weighted by molar-refractivity contribution is 6.60. The second-order valence-corrected chi connectivity index (χ2v) is 5.03. The number of ether oxygens (including phenoxy) is 1. The van der Waals surface area contributed by atoms with E-state index in [-0.39, 0.29) is 6.61 Å². The van der Waals surface area contributed by atoms with Gasteiger partial charge in [-0.1, -0.05) is 48.5 Å². The van der Waals surface area contributed by atoms with Crippen LogP contribution in [0.4, 0.5) is 10.5 Å². The van der Waals surface area contributed by atoms with E-state index in [2.05, 4.69) is 10.6 Å². The van der Waals surface area contributed by atoms with E-state index in [1.807, 2.05) is 30.3 Å². The summed E-state index contributed by atoms with van der Waals surface area (Å²) in [5.41, 5.74) is 1.76. The van der Waals surface area contributed by atoms with Gasteiger partial charge in [-0.05, 0) is 18.6 Å². The first-order chi connectivity index (χ1) is 11.1. The summed E-state index contributed by atoms with van der Waals surface area (Å²) in [6.07, 6.45) is -1.01. The molecule has 0 spiro atoms. The fourth-order valence-electron chi connectivity index (χ4n) is 2.06. The molecule has 0 bridgehead atoms. The monoisotopic (exact) mass is 314 g/mol. The number of anilines is 1. The van der Waals surface area contributed by atoms with Gasteiger partial charge in [0.1, 0.15) is 6.61 Å². The van der Waals surface area contributed by atoms with Crippen molar-refractivity contribution in [3.05, 3.63) is 60.2 Å². The van der Waals surface area contributed by atoms with E-state index in [9.17, 15) is 14.8 Å². The highest BCUT2D eigenvalue weighted by Gasteiger charge is 2.17. The Kier molecular flexibility index (Phi) is 6.02. The number of carbonyl (C=O) groups is 1. The first-order valence-electron chi connectivity index (χ1n) is 7.25.